The van der Waals surface area contributed by atoms with Gasteiger partial charge < -0.3 is 4.98 Å². The van der Waals surface area contributed by atoms with Crippen LogP contribution in [0.3, 0.4) is 0 Å². The lowest BCUT2D eigenvalue weighted by atomic mass is 10.2. The first-order valence-corrected chi connectivity index (χ1v) is 8.44. The number of rotatable bonds is 6. The molecule has 0 saturated heterocycles. The number of hydrazine groups is 1. The first-order valence-electron chi connectivity index (χ1n) is 7.45. The van der Waals surface area contributed by atoms with Crippen molar-refractivity contribution in [1.29, 1.82) is 0 Å². The van der Waals surface area contributed by atoms with Crippen molar-refractivity contribution in [1.82, 2.24) is 20.8 Å². The van der Waals surface area contributed by atoms with Crippen LogP contribution in [0.15, 0.2) is 46.3 Å². The summed E-state index contributed by atoms with van der Waals surface area (Å²) in [6, 6.07) is 10.0. The van der Waals surface area contributed by atoms with Crippen LogP contribution in [-0.4, -0.2) is 27.5 Å². The van der Waals surface area contributed by atoms with E-state index in [1.165, 1.54) is 6.07 Å². The molecule has 1 heterocycles. The molecule has 0 aliphatic rings. The van der Waals surface area contributed by atoms with Gasteiger partial charge in [-0.15, -0.1) is 0 Å². The Morgan fingerprint density at radius 3 is 2.67 bits per heavy atom. The number of aromatic amines is 1. The van der Waals surface area contributed by atoms with Crippen LogP contribution in [0.1, 0.15) is 29.4 Å². The molecular weight excluding hydrogens is 328 g/mol. The first-order chi connectivity index (χ1) is 11.6. The maximum absolute atomic E-state index is 11.8. The lowest BCUT2D eigenvalue weighted by Crippen LogP contribution is -2.42. The van der Waals surface area contributed by atoms with E-state index >= 15 is 0 Å². The van der Waals surface area contributed by atoms with Gasteiger partial charge in [-0.2, -0.15) is 0 Å². The van der Waals surface area contributed by atoms with E-state index in [9.17, 15) is 14.4 Å². The predicted molar refractivity (Wildman–Crippen MR) is 91.6 cm³/mol. The van der Waals surface area contributed by atoms with E-state index in [1.807, 2.05) is 6.92 Å². The van der Waals surface area contributed by atoms with Crippen molar-refractivity contribution in [3.05, 3.63) is 58.0 Å². The van der Waals surface area contributed by atoms with Gasteiger partial charge in [-0.05, 0) is 18.6 Å². The second-order valence-electron chi connectivity index (χ2n) is 4.95. The number of nitrogens with one attached hydrogen (secondary N) is 3. The van der Waals surface area contributed by atoms with Crippen LogP contribution < -0.4 is 16.4 Å². The summed E-state index contributed by atoms with van der Waals surface area (Å²) in [6.07, 6.45) is 1.59. The van der Waals surface area contributed by atoms with Crippen LogP contribution in [0.2, 0.25) is 0 Å². The van der Waals surface area contributed by atoms with Crippen molar-refractivity contribution in [2.75, 3.05) is 5.75 Å². The van der Waals surface area contributed by atoms with Gasteiger partial charge in [0.1, 0.15) is 0 Å². The molecule has 0 unspecified atom stereocenters. The van der Waals surface area contributed by atoms with Crippen LogP contribution >= 0.6 is 11.8 Å². The molecule has 2 amide bonds. The zero-order valence-corrected chi connectivity index (χ0v) is 14.0. The zero-order valence-electron chi connectivity index (χ0n) is 13.2. The number of carbonyl (C=O) groups is 2. The van der Waals surface area contributed by atoms with Gasteiger partial charge in [0.15, 0.2) is 5.16 Å². The molecule has 0 saturated carbocycles. The van der Waals surface area contributed by atoms with E-state index < -0.39 is 11.8 Å². The number of thioether (sulfide) groups is 1. The molecular formula is C16H18N4O3S. The summed E-state index contributed by atoms with van der Waals surface area (Å²) in [5.41, 5.74) is 5.56. The Kier molecular flexibility index (Phi) is 6.56. The summed E-state index contributed by atoms with van der Waals surface area (Å²) in [4.78, 5) is 42.0. The number of aromatic nitrogens is 2. The quantitative estimate of drug-likeness (QED) is 0.415. The minimum atomic E-state index is -0.398. The average molecular weight is 346 g/mol. The molecule has 0 radical (unpaired) electrons. The Morgan fingerprint density at radius 1 is 1.21 bits per heavy atom. The molecule has 126 valence electrons. The summed E-state index contributed by atoms with van der Waals surface area (Å²) >= 11 is 1.10. The third-order valence-corrected chi connectivity index (χ3v) is 3.84. The molecule has 7 nitrogen and oxygen atoms in total. The van der Waals surface area contributed by atoms with Crippen LogP contribution in [0, 0.1) is 0 Å². The normalized spacial score (nSPS) is 10.2. The van der Waals surface area contributed by atoms with Gasteiger partial charge in [0.05, 0.1) is 5.75 Å². The van der Waals surface area contributed by atoms with Gasteiger partial charge in [-0.25, -0.2) is 4.98 Å². The summed E-state index contributed by atoms with van der Waals surface area (Å²) in [5, 5.41) is 0.385. The second-order valence-corrected chi connectivity index (χ2v) is 5.91. The van der Waals surface area contributed by atoms with Crippen LogP contribution in [0.4, 0.5) is 0 Å². The maximum Gasteiger partial charge on any atom is 0.269 e. The number of amides is 2. The topological polar surface area (TPSA) is 104 Å². The van der Waals surface area contributed by atoms with Crippen molar-refractivity contribution in [2.24, 2.45) is 0 Å². The Balaban J connectivity index is 1.83. The summed E-state index contributed by atoms with van der Waals surface area (Å²) < 4.78 is 0. The van der Waals surface area contributed by atoms with Gasteiger partial charge in [-0.3, -0.25) is 25.2 Å². The smallest absolute Gasteiger partial charge is 0.269 e. The first kappa shape index (κ1) is 17.7. The van der Waals surface area contributed by atoms with E-state index in [-0.39, 0.29) is 11.3 Å². The van der Waals surface area contributed by atoms with E-state index in [2.05, 4.69) is 20.8 Å². The summed E-state index contributed by atoms with van der Waals surface area (Å²) in [5.74, 6) is -0.772. The Morgan fingerprint density at radius 2 is 1.96 bits per heavy atom. The average Bonchev–Trinajstić information content (AvgIpc) is 2.58. The lowest BCUT2D eigenvalue weighted by Gasteiger charge is -2.07. The molecule has 0 aliphatic heterocycles. The molecule has 1 aromatic heterocycles. The molecule has 1 aromatic carbocycles. The molecule has 0 atom stereocenters. The minimum Gasteiger partial charge on any atom is -0.301 e. The monoisotopic (exact) mass is 346 g/mol. The minimum absolute atomic E-state index is 0.0214. The summed E-state index contributed by atoms with van der Waals surface area (Å²) in [6.45, 7) is 2.00. The number of benzene rings is 1. The number of nitrogens with zero attached hydrogens (tertiary/aromatic N) is 1. The molecule has 2 aromatic rings. The standard InChI is InChI=1S/C16H18N4O3S/c1-2-6-12-9-13(21)18-16(17-12)24-10-14(22)19-20-15(23)11-7-4-3-5-8-11/h3-5,7-9H,2,6,10H2,1H3,(H,19,22)(H,20,23)(H,17,18,21). The highest BCUT2D eigenvalue weighted by atomic mass is 32.2. The number of aryl methyl sites for hydroxylation is 1. The summed E-state index contributed by atoms with van der Waals surface area (Å²) in [7, 11) is 0. The SMILES string of the molecule is CCCc1cc(=O)[nH]c(SCC(=O)NNC(=O)c2ccccc2)n1. The third-order valence-electron chi connectivity index (χ3n) is 2.97. The second kappa shape index (κ2) is 8.88. The van der Waals surface area contributed by atoms with Crippen LogP contribution in [0.5, 0.6) is 0 Å². The van der Waals surface area contributed by atoms with E-state index in [0.29, 0.717) is 22.8 Å². The van der Waals surface area contributed by atoms with E-state index in [0.717, 1.165) is 18.2 Å². The molecule has 3 N–H and O–H groups in total. The highest BCUT2D eigenvalue weighted by Gasteiger charge is 2.09. The third kappa shape index (κ3) is 5.54. The number of hydrogen-bond donors (Lipinski definition) is 3. The molecule has 24 heavy (non-hydrogen) atoms. The van der Waals surface area contributed by atoms with Crippen molar-refractivity contribution in [2.45, 2.75) is 24.9 Å². The molecule has 2 rings (SSSR count). The fourth-order valence-corrected chi connectivity index (χ4v) is 2.59. The number of hydrogen-bond acceptors (Lipinski definition) is 5. The largest absolute Gasteiger partial charge is 0.301 e. The molecule has 0 spiro atoms. The molecule has 0 aliphatic carbocycles. The molecule has 0 bridgehead atoms. The molecule has 0 fully saturated rings. The van der Waals surface area contributed by atoms with Gasteiger partial charge in [-0.1, -0.05) is 43.3 Å². The fraction of sp³-hybridized carbons (Fsp3) is 0.250. The van der Waals surface area contributed by atoms with Gasteiger partial charge in [0.25, 0.3) is 11.5 Å². The van der Waals surface area contributed by atoms with Gasteiger partial charge in [0, 0.05) is 17.3 Å². The number of H-pyrrole nitrogens is 1. The van der Waals surface area contributed by atoms with Gasteiger partial charge >= 0.3 is 0 Å². The van der Waals surface area contributed by atoms with Crippen molar-refractivity contribution >= 4 is 23.6 Å². The molecule has 8 heteroatoms. The predicted octanol–water partition coefficient (Wildman–Crippen LogP) is 1.28. The lowest BCUT2D eigenvalue weighted by molar-refractivity contribution is -0.119. The van der Waals surface area contributed by atoms with Crippen LogP contribution in [-0.2, 0) is 11.2 Å². The van der Waals surface area contributed by atoms with Crippen molar-refractivity contribution in [3.8, 4) is 0 Å². The zero-order chi connectivity index (χ0) is 17.4. The Labute approximate surface area is 143 Å². The van der Waals surface area contributed by atoms with Crippen LogP contribution in [0.25, 0.3) is 0 Å². The highest BCUT2D eigenvalue weighted by molar-refractivity contribution is 7.99. The number of carbonyl (C=O) groups excluding carboxylic acids is 2. The van der Waals surface area contributed by atoms with Crippen molar-refractivity contribution < 1.29 is 9.59 Å². The Hall–Kier alpha value is -2.61. The highest BCUT2D eigenvalue weighted by Crippen LogP contribution is 2.11. The fourth-order valence-electron chi connectivity index (χ4n) is 1.89. The van der Waals surface area contributed by atoms with E-state index in [1.54, 1.807) is 30.3 Å². The Bertz CT molecular complexity index is 761. The van der Waals surface area contributed by atoms with Crippen molar-refractivity contribution in [3.63, 3.8) is 0 Å². The van der Waals surface area contributed by atoms with E-state index in [4.69, 9.17) is 0 Å². The van der Waals surface area contributed by atoms with Gasteiger partial charge in [0.2, 0.25) is 5.91 Å². The maximum atomic E-state index is 11.8.